The van der Waals surface area contributed by atoms with Crippen molar-refractivity contribution < 1.29 is 9.90 Å². The molecule has 1 amide bonds. The molecular formula is C15H17NO2S. The van der Waals surface area contributed by atoms with E-state index in [0.717, 1.165) is 15.3 Å². The van der Waals surface area contributed by atoms with E-state index in [4.69, 9.17) is 0 Å². The number of hydrogen-bond donors (Lipinski definition) is 2. The van der Waals surface area contributed by atoms with Crippen LogP contribution in [-0.4, -0.2) is 11.0 Å². The van der Waals surface area contributed by atoms with Crippen LogP contribution in [-0.2, 0) is 11.3 Å². The summed E-state index contributed by atoms with van der Waals surface area (Å²) in [6.45, 7) is 2.35. The zero-order valence-electron chi connectivity index (χ0n) is 10.8. The Morgan fingerprint density at radius 2 is 2.00 bits per heavy atom. The van der Waals surface area contributed by atoms with E-state index in [-0.39, 0.29) is 5.91 Å². The minimum absolute atomic E-state index is 0.0403. The maximum Gasteiger partial charge on any atom is 0.220 e. The van der Waals surface area contributed by atoms with Gasteiger partial charge < -0.3 is 10.4 Å². The predicted molar refractivity (Wildman–Crippen MR) is 77.0 cm³/mol. The first-order valence-corrected chi connectivity index (χ1v) is 7.10. The lowest BCUT2D eigenvalue weighted by molar-refractivity contribution is -0.120. The molecule has 0 saturated carbocycles. The highest BCUT2D eigenvalue weighted by atomic mass is 32.1. The molecule has 4 heteroatoms. The molecule has 2 N–H and O–H groups in total. The molecule has 0 radical (unpaired) electrons. The van der Waals surface area contributed by atoms with E-state index in [1.165, 1.54) is 11.3 Å². The largest absolute Gasteiger partial charge is 0.383 e. The Hall–Kier alpha value is -1.65. The molecule has 2 rings (SSSR count). The van der Waals surface area contributed by atoms with Gasteiger partial charge in [0, 0.05) is 16.2 Å². The lowest BCUT2D eigenvalue weighted by atomic mass is 10.1. The summed E-state index contributed by atoms with van der Waals surface area (Å²) in [5, 5.41) is 13.1. The van der Waals surface area contributed by atoms with Crippen molar-refractivity contribution in [1.29, 1.82) is 0 Å². The smallest absolute Gasteiger partial charge is 0.220 e. The van der Waals surface area contributed by atoms with Crippen molar-refractivity contribution in [3.63, 3.8) is 0 Å². The average Bonchev–Trinajstić information content (AvgIpc) is 2.93. The molecule has 0 saturated heterocycles. The van der Waals surface area contributed by atoms with Crippen molar-refractivity contribution in [3.8, 4) is 0 Å². The molecule has 0 spiro atoms. The predicted octanol–water partition coefficient (Wildman–Crippen LogP) is 2.86. The first kappa shape index (κ1) is 13.8. The van der Waals surface area contributed by atoms with Crippen LogP contribution in [0.5, 0.6) is 0 Å². The highest BCUT2D eigenvalue weighted by Gasteiger charge is 2.12. The van der Waals surface area contributed by atoms with Crippen LogP contribution in [0.1, 0.15) is 34.8 Å². The molecule has 0 aliphatic rings. The van der Waals surface area contributed by atoms with E-state index in [0.29, 0.717) is 13.0 Å². The van der Waals surface area contributed by atoms with Gasteiger partial charge >= 0.3 is 0 Å². The highest BCUT2D eigenvalue weighted by molar-refractivity contribution is 7.12. The monoisotopic (exact) mass is 275 g/mol. The maximum absolute atomic E-state index is 11.2. The normalized spacial score (nSPS) is 12.1. The lowest BCUT2D eigenvalue weighted by Gasteiger charge is -2.08. The summed E-state index contributed by atoms with van der Waals surface area (Å²) in [5.74, 6) is 0.0403. The number of aliphatic hydroxyl groups is 1. The molecule has 1 heterocycles. The zero-order chi connectivity index (χ0) is 13.7. The molecular weight excluding hydrogens is 258 g/mol. The van der Waals surface area contributed by atoms with Gasteiger partial charge in [-0.1, -0.05) is 37.3 Å². The van der Waals surface area contributed by atoms with Crippen LogP contribution in [0.2, 0.25) is 0 Å². The molecule has 3 nitrogen and oxygen atoms in total. The fraction of sp³-hybridized carbons (Fsp3) is 0.267. The van der Waals surface area contributed by atoms with Crippen LogP contribution in [0.25, 0.3) is 0 Å². The third-order valence-electron chi connectivity index (χ3n) is 2.85. The van der Waals surface area contributed by atoms with Crippen LogP contribution in [0.15, 0.2) is 42.5 Å². The van der Waals surface area contributed by atoms with Crippen LogP contribution >= 0.6 is 11.3 Å². The van der Waals surface area contributed by atoms with Crippen molar-refractivity contribution in [2.24, 2.45) is 0 Å². The van der Waals surface area contributed by atoms with Gasteiger partial charge in [0.2, 0.25) is 5.91 Å². The van der Waals surface area contributed by atoms with Gasteiger partial charge in [-0.2, -0.15) is 0 Å². The van der Waals surface area contributed by atoms with Crippen molar-refractivity contribution in [2.75, 3.05) is 0 Å². The first-order valence-electron chi connectivity index (χ1n) is 6.29. The number of carbonyl (C=O) groups excluding carboxylic acids is 1. The molecule has 2 aromatic rings. The average molecular weight is 275 g/mol. The quantitative estimate of drug-likeness (QED) is 0.881. The van der Waals surface area contributed by atoms with Gasteiger partial charge in [0.05, 0.1) is 6.54 Å². The second-order valence-corrected chi connectivity index (χ2v) is 5.45. The number of nitrogens with one attached hydrogen (secondary N) is 1. The van der Waals surface area contributed by atoms with Gasteiger partial charge in [0.15, 0.2) is 0 Å². The summed E-state index contributed by atoms with van der Waals surface area (Å²) >= 11 is 1.52. The molecule has 1 atom stereocenters. The molecule has 0 fully saturated rings. The highest BCUT2D eigenvalue weighted by Crippen LogP contribution is 2.28. The third-order valence-corrected chi connectivity index (χ3v) is 3.99. The Labute approximate surface area is 116 Å². The van der Waals surface area contributed by atoms with Crippen molar-refractivity contribution in [3.05, 3.63) is 57.8 Å². The van der Waals surface area contributed by atoms with Crippen molar-refractivity contribution in [1.82, 2.24) is 5.32 Å². The number of hydrogen-bond acceptors (Lipinski definition) is 3. The fourth-order valence-electron chi connectivity index (χ4n) is 1.75. The number of thiophene rings is 1. The summed E-state index contributed by atoms with van der Waals surface area (Å²) in [6.07, 6.45) is -0.105. The van der Waals surface area contributed by atoms with Gasteiger partial charge in [-0.25, -0.2) is 0 Å². The second-order valence-electron chi connectivity index (χ2n) is 4.25. The fourth-order valence-corrected chi connectivity index (χ4v) is 2.71. The maximum atomic E-state index is 11.2. The Kier molecular flexibility index (Phi) is 4.71. The Bertz CT molecular complexity index is 536. The first-order chi connectivity index (χ1) is 9.20. The number of benzene rings is 1. The molecule has 0 bridgehead atoms. The molecule has 1 unspecified atom stereocenters. The van der Waals surface area contributed by atoms with Gasteiger partial charge in [0.1, 0.15) is 6.10 Å². The summed E-state index contributed by atoms with van der Waals surface area (Å²) in [7, 11) is 0. The number of amides is 1. The standard InChI is InChI=1S/C15H17NO2S/c1-2-14(17)16-10-12-8-9-13(19-12)15(18)11-6-4-3-5-7-11/h3-9,15,18H,2,10H2,1H3,(H,16,17). The summed E-state index contributed by atoms with van der Waals surface area (Å²) in [5.41, 5.74) is 0.883. The van der Waals surface area contributed by atoms with Crippen LogP contribution in [0, 0.1) is 0 Å². The number of aliphatic hydroxyl groups excluding tert-OH is 1. The third kappa shape index (κ3) is 3.66. The molecule has 0 aliphatic heterocycles. The van der Waals surface area contributed by atoms with Gasteiger partial charge in [0.25, 0.3) is 0 Å². The zero-order valence-corrected chi connectivity index (χ0v) is 11.6. The SMILES string of the molecule is CCC(=O)NCc1ccc(C(O)c2ccccc2)s1. The summed E-state index contributed by atoms with van der Waals surface area (Å²) in [4.78, 5) is 13.1. The Morgan fingerprint density at radius 3 is 2.68 bits per heavy atom. The van der Waals surface area contributed by atoms with Crippen LogP contribution in [0.3, 0.4) is 0 Å². The van der Waals surface area contributed by atoms with Crippen LogP contribution in [0.4, 0.5) is 0 Å². The number of carbonyl (C=O) groups is 1. The van der Waals surface area contributed by atoms with E-state index in [2.05, 4.69) is 5.32 Å². The topological polar surface area (TPSA) is 49.3 Å². The van der Waals surface area contributed by atoms with Gasteiger partial charge in [-0.15, -0.1) is 11.3 Å². The van der Waals surface area contributed by atoms with E-state index in [9.17, 15) is 9.90 Å². The lowest BCUT2D eigenvalue weighted by Crippen LogP contribution is -2.20. The van der Waals surface area contributed by atoms with Crippen molar-refractivity contribution >= 4 is 17.2 Å². The molecule has 19 heavy (non-hydrogen) atoms. The van der Waals surface area contributed by atoms with E-state index >= 15 is 0 Å². The second kappa shape index (κ2) is 6.50. The minimum Gasteiger partial charge on any atom is -0.383 e. The van der Waals surface area contributed by atoms with Gasteiger partial charge in [-0.3, -0.25) is 4.79 Å². The van der Waals surface area contributed by atoms with Gasteiger partial charge in [-0.05, 0) is 17.7 Å². The molecule has 0 aliphatic carbocycles. The van der Waals surface area contributed by atoms with E-state index < -0.39 is 6.10 Å². The van der Waals surface area contributed by atoms with Crippen molar-refractivity contribution in [2.45, 2.75) is 26.0 Å². The Morgan fingerprint density at radius 1 is 1.26 bits per heavy atom. The van der Waals surface area contributed by atoms with Crippen LogP contribution < -0.4 is 5.32 Å². The number of rotatable bonds is 5. The molecule has 1 aromatic heterocycles. The van der Waals surface area contributed by atoms with E-state index in [1.807, 2.05) is 49.4 Å². The Balaban J connectivity index is 2.02. The minimum atomic E-state index is -0.596. The van der Waals surface area contributed by atoms with E-state index in [1.54, 1.807) is 0 Å². The summed E-state index contributed by atoms with van der Waals surface area (Å²) < 4.78 is 0. The summed E-state index contributed by atoms with van der Waals surface area (Å²) in [6, 6.07) is 13.4. The molecule has 1 aromatic carbocycles. The molecule has 100 valence electrons.